The Bertz CT molecular complexity index is 514. The maximum atomic E-state index is 10.5. The summed E-state index contributed by atoms with van der Waals surface area (Å²) in [4.78, 5) is 10.5. The number of rotatable bonds is 3. The van der Waals surface area contributed by atoms with Crippen LogP contribution < -0.4 is 0 Å². The van der Waals surface area contributed by atoms with E-state index in [2.05, 4.69) is 5.10 Å². The Morgan fingerprint density at radius 3 is 2.75 bits per heavy atom. The fraction of sp³-hybridized carbons (Fsp3) is 0.231. The second-order valence-corrected chi connectivity index (χ2v) is 3.88. The summed E-state index contributed by atoms with van der Waals surface area (Å²) in [7, 11) is 0. The molecule has 1 aromatic carbocycles. The van der Waals surface area contributed by atoms with Gasteiger partial charge in [-0.1, -0.05) is 12.1 Å². The predicted molar refractivity (Wildman–Crippen MR) is 62.8 cm³/mol. The van der Waals surface area contributed by atoms with E-state index in [-0.39, 0.29) is 0 Å². The number of nitrogens with zero attached hydrogens (tertiary/aromatic N) is 2. The largest absolute Gasteiger partial charge is 0.303 e. The van der Waals surface area contributed by atoms with Crippen LogP contribution in [0, 0.1) is 13.8 Å². The maximum absolute atomic E-state index is 10.5. The highest BCUT2D eigenvalue weighted by Crippen LogP contribution is 2.13. The van der Waals surface area contributed by atoms with Gasteiger partial charge in [-0.05, 0) is 37.6 Å². The topological polar surface area (TPSA) is 34.9 Å². The van der Waals surface area contributed by atoms with E-state index in [4.69, 9.17) is 0 Å². The molecule has 0 N–H and O–H groups in total. The molecular formula is C13H14N2O. The third-order valence-corrected chi connectivity index (χ3v) is 2.48. The molecule has 0 aliphatic heterocycles. The lowest BCUT2D eigenvalue weighted by Gasteiger charge is -2.05. The zero-order valence-corrected chi connectivity index (χ0v) is 9.47. The van der Waals surface area contributed by atoms with Gasteiger partial charge in [0, 0.05) is 12.1 Å². The summed E-state index contributed by atoms with van der Waals surface area (Å²) in [5, 5.41) is 4.41. The molecule has 16 heavy (non-hydrogen) atoms. The molecule has 0 radical (unpaired) electrons. The van der Waals surface area contributed by atoms with Crippen molar-refractivity contribution in [3.05, 3.63) is 47.3 Å². The second kappa shape index (κ2) is 4.31. The Morgan fingerprint density at radius 2 is 2.12 bits per heavy atom. The molecular weight excluding hydrogens is 200 g/mol. The minimum Gasteiger partial charge on any atom is -0.303 e. The van der Waals surface area contributed by atoms with Crippen molar-refractivity contribution < 1.29 is 4.79 Å². The van der Waals surface area contributed by atoms with Crippen molar-refractivity contribution >= 4 is 6.29 Å². The van der Waals surface area contributed by atoms with Gasteiger partial charge in [0.15, 0.2) is 0 Å². The molecule has 1 heterocycles. The van der Waals surface area contributed by atoms with Crippen LogP contribution in [0.4, 0.5) is 0 Å². The summed E-state index contributed by atoms with van der Waals surface area (Å²) in [6, 6.07) is 9.92. The van der Waals surface area contributed by atoms with Crippen LogP contribution in [0.2, 0.25) is 0 Å². The highest BCUT2D eigenvalue weighted by molar-refractivity contribution is 5.56. The zero-order valence-electron chi connectivity index (χ0n) is 9.47. The molecule has 0 atom stereocenters. The Balaban J connectivity index is 2.43. The molecule has 0 saturated carbocycles. The summed E-state index contributed by atoms with van der Waals surface area (Å²) in [6.45, 7) is 3.99. The second-order valence-electron chi connectivity index (χ2n) is 3.88. The van der Waals surface area contributed by atoms with E-state index in [1.165, 1.54) is 0 Å². The van der Waals surface area contributed by atoms with Crippen LogP contribution in [0.3, 0.4) is 0 Å². The van der Waals surface area contributed by atoms with Crippen LogP contribution in [0.15, 0.2) is 30.3 Å². The van der Waals surface area contributed by atoms with Crippen LogP contribution >= 0.6 is 0 Å². The van der Waals surface area contributed by atoms with Crippen molar-refractivity contribution in [3.63, 3.8) is 0 Å². The van der Waals surface area contributed by atoms with Gasteiger partial charge in [-0.3, -0.25) is 0 Å². The van der Waals surface area contributed by atoms with E-state index < -0.39 is 0 Å². The van der Waals surface area contributed by atoms with Crippen LogP contribution in [-0.2, 0) is 11.2 Å². The maximum Gasteiger partial charge on any atom is 0.124 e. The molecule has 0 unspecified atom stereocenters. The van der Waals surface area contributed by atoms with Crippen LogP contribution in [0.25, 0.3) is 5.69 Å². The van der Waals surface area contributed by atoms with Crippen LogP contribution in [-0.4, -0.2) is 16.1 Å². The van der Waals surface area contributed by atoms with Gasteiger partial charge in [0.05, 0.1) is 11.4 Å². The summed E-state index contributed by atoms with van der Waals surface area (Å²) >= 11 is 0. The quantitative estimate of drug-likeness (QED) is 0.734. The van der Waals surface area contributed by atoms with Crippen LogP contribution in [0.5, 0.6) is 0 Å². The number of carbonyl (C=O) groups is 1. The molecule has 0 amide bonds. The first-order valence-electron chi connectivity index (χ1n) is 5.27. The van der Waals surface area contributed by atoms with E-state index in [9.17, 15) is 4.79 Å². The number of benzene rings is 1. The lowest BCUT2D eigenvalue weighted by molar-refractivity contribution is -0.107. The molecule has 0 aliphatic carbocycles. The SMILES string of the molecule is Cc1cc(C)n(-c2cccc(CC=O)c2)n1. The summed E-state index contributed by atoms with van der Waals surface area (Å²) < 4.78 is 1.89. The van der Waals surface area contributed by atoms with Crippen molar-refractivity contribution in [2.75, 3.05) is 0 Å². The first kappa shape index (κ1) is 10.6. The van der Waals surface area contributed by atoms with Crippen LogP contribution in [0.1, 0.15) is 17.0 Å². The van der Waals surface area contributed by atoms with Gasteiger partial charge in [-0.2, -0.15) is 5.10 Å². The molecule has 0 bridgehead atoms. The molecule has 1 aromatic heterocycles. The number of carbonyl (C=O) groups excluding carboxylic acids is 1. The monoisotopic (exact) mass is 214 g/mol. The standard InChI is InChI=1S/C13H14N2O/c1-10-8-11(2)15(14-10)13-5-3-4-12(9-13)6-7-16/h3-5,7-9H,6H2,1-2H3. The van der Waals surface area contributed by atoms with Gasteiger partial charge in [0.2, 0.25) is 0 Å². The lowest BCUT2D eigenvalue weighted by Crippen LogP contribution is -2.00. The molecule has 0 saturated heterocycles. The third-order valence-electron chi connectivity index (χ3n) is 2.48. The fourth-order valence-electron chi connectivity index (χ4n) is 1.80. The van der Waals surface area contributed by atoms with Gasteiger partial charge >= 0.3 is 0 Å². The van der Waals surface area contributed by atoms with Crippen molar-refractivity contribution in [2.45, 2.75) is 20.3 Å². The minimum absolute atomic E-state index is 0.452. The van der Waals surface area contributed by atoms with Gasteiger partial charge in [-0.15, -0.1) is 0 Å². The van der Waals surface area contributed by atoms with Crippen molar-refractivity contribution in [2.24, 2.45) is 0 Å². The van der Waals surface area contributed by atoms with Crippen molar-refractivity contribution in [3.8, 4) is 5.69 Å². The van der Waals surface area contributed by atoms with E-state index in [0.717, 1.165) is 28.9 Å². The molecule has 0 aliphatic rings. The minimum atomic E-state index is 0.452. The molecule has 3 nitrogen and oxygen atoms in total. The summed E-state index contributed by atoms with van der Waals surface area (Å²) in [5.74, 6) is 0. The molecule has 2 aromatic rings. The number of aldehydes is 1. The van der Waals surface area contributed by atoms with E-state index >= 15 is 0 Å². The third kappa shape index (κ3) is 2.03. The van der Waals surface area contributed by atoms with Gasteiger partial charge in [-0.25, -0.2) is 4.68 Å². The Hall–Kier alpha value is -1.90. The molecule has 0 fully saturated rings. The van der Waals surface area contributed by atoms with E-state index in [1.54, 1.807) is 0 Å². The summed E-state index contributed by atoms with van der Waals surface area (Å²) in [6.07, 6.45) is 1.37. The van der Waals surface area contributed by atoms with E-state index in [0.29, 0.717) is 6.42 Å². The molecule has 0 spiro atoms. The van der Waals surface area contributed by atoms with Crippen molar-refractivity contribution in [1.29, 1.82) is 0 Å². The first-order chi connectivity index (χ1) is 7.70. The van der Waals surface area contributed by atoms with Gasteiger partial charge in [0.1, 0.15) is 6.29 Å². The van der Waals surface area contributed by atoms with E-state index in [1.807, 2.05) is 48.9 Å². The average molecular weight is 214 g/mol. The highest BCUT2D eigenvalue weighted by atomic mass is 16.1. The number of aryl methyl sites for hydroxylation is 2. The summed E-state index contributed by atoms with van der Waals surface area (Å²) in [5.41, 5.74) is 4.11. The average Bonchev–Trinajstić information content (AvgIpc) is 2.59. The Morgan fingerprint density at radius 1 is 1.31 bits per heavy atom. The van der Waals surface area contributed by atoms with Crippen molar-refractivity contribution in [1.82, 2.24) is 9.78 Å². The zero-order chi connectivity index (χ0) is 11.5. The molecule has 2 rings (SSSR count). The Kier molecular flexibility index (Phi) is 2.86. The van der Waals surface area contributed by atoms with Gasteiger partial charge < -0.3 is 4.79 Å². The number of aromatic nitrogens is 2. The fourth-order valence-corrected chi connectivity index (χ4v) is 1.80. The normalized spacial score (nSPS) is 10.4. The lowest BCUT2D eigenvalue weighted by atomic mass is 10.1. The predicted octanol–water partition coefficient (Wildman–Crippen LogP) is 2.23. The highest BCUT2D eigenvalue weighted by Gasteiger charge is 2.03. The number of hydrogen-bond donors (Lipinski definition) is 0. The molecule has 3 heteroatoms. The smallest absolute Gasteiger partial charge is 0.124 e. The number of hydrogen-bond acceptors (Lipinski definition) is 2. The first-order valence-corrected chi connectivity index (χ1v) is 5.27. The Labute approximate surface area is 94.7 Å². The van der Waals surface area contributed by atoms with Gasteiger partial charge in [0.25, 0.3) is 0 Å². The molecule has 82 valence electrons.